The number of aliphatic imine (C=N–C) groups is 1. The number of guanidine groups is 1. The van der Waals surface area contributed by atoms with Crippen molar-refractivity contribution in [2.75, 3.05) is 19.7 Å². The van der Waals surface area contributed by atoms with Gasteiger partial charge in [-0.2, -0.15) is 0 Å². The molecule has 6 heteroatoms. The highest BCUT2D eigenvalue weighted by atomic mass is 16.5. The summed E-state index contributed by atoms with van der Waals surface area (Å²) >= 11 is 0. The van der Waals surface area contributed by atoms with Crippen LogP contribution in [0.4, 0.5) is 0 Å². The molecule has 0 bridgehead atoms. The van der Waals surface area contributed by atoms with E-state index in [1.54, 1.807) is 19.1 Å². The summed E-state index contributed by atoms with van der Waals surface area (Å²) in [6, 6.07) is 16.9. The van der Waals surface area contributed by atoms with Gasteiger partial charge in [-0.15, -0.1) is 0 Å². The van der Waals surface area contributed by atoms with Crippen molar-refractivity contribution in [1.29, 1.82) is 0 Å². The van der Waals surface area contributed by atoms with Gasteiger partial charge in [0.25, 0.3) is 0 Å². The van der Waals surface area contributed by atoms with Crippen molar-refractivity contribution in [1.82, 2.24) is 10.6 Å². The second kappa shape index (κ2) is 11.8. The molecule has 0 aliphatic heterocycles. The SMILES string of the molecule is CCNC(=NCc1ccc(C(=O)OCC)cc1)NCCC(O)c1ccccc1. The average molecular weight is 383 g/mol. The maximum Gasteiger partial charge on any atom is 0.338 e. The van der Waals surface area contributed by atoms with Crippen LogP contribution in [0.3, 0.4) is 0 Å². The first-order valence-electron chi connectivity index (χ1n) is 9.65. The summed E-state index contributed by atoms with van der Waals surface area (Å²) in [5.41, 5.74) is 2.44. The molecule has 0 radical (unpaired) electrons. The molecule has 0 fully saturated rings. The molecule has 2 aromatic carbocycles. The second-order valence-corrected chi connectivity index (χ2v) is 6.25. The van der Waals surface area contributed by atoms with E-state index < -0.39 is 6.10 Å². The summed E-state index contributed by atoms with van der Waals surface area (Å²) in [6.07, 6.45) is 0.0786. The lowest BCUT2D eigenvalue weighted by Gasteiger charge is -2.14. The third kappa shape index (κ3) is 7.04. The van der Waals surface area contributed by atoms with Gasteiger partial charge in [0.1, 0.15) is 0 Å². The standard InChI is InChI=1S/C22H29N3O3/c1-3-23-22(24-15-14-20(26)18-8-6-5-7-9-18)25-16-17-10-12-19(13-11-17)21(27)28-4-2/h5-13,20,26H,3-4,14-16H2,1-2H3,(H2,23,24,25). The maximum absolute atomic E-state index is 11.7. The number of nitrogens with zero attached hydrogens (tertiary/aromatic N) is 1. The van der Waals surface area contributed by atoms with E-state index in [0.29, 0.717) is 37.6 Å². The number of aliphatic hydroxyl groups excluding tert-OH is 1. The predicted octanol–water partition coefficient (Wildman–Crippen LogP) is 3.04. The Labute approximate surface area is 166 Å². The van der Waals surface area contributed by atoms with Crippen LogP contribution in [0.25, 0.3) is 0 Å². The molecule has 0 saturated carbocycles. The fourth-order valence-corrected chi connectivity index (χ4v) is 2.64. The van der Waals surface area contributed by atoms with Crippen LogP contribution in [0.1, 0.15) is 47.9 Å². The molecule has 0 amide bonds. The van der Waals surface area contributed by atoms with E-state index in [2.05, 4.69) is 15.6 Å². The monoisotopic (exact) mass is 383 g/mol. The number of carbonyl (C=O) groups is 1. The summed E-state index contributed by atoms with van der Waals surface area (Å²) in [4.78, 5) is 16.3. The maximum atomic E-state index is 11.7. The molecule has 0 aliphatic rings. The normalized spacial score (nSPS) is 12.3. The van der Waals surface area contributed by atoms with Crippen molar-refractivity contribution in [2.45, 2.75) is 32.9 Å². The third-order valence-corrected chi connectivity index (χ3v) is 4.12. The van der Waals surface area contributed by atoms with Crippen molar-refractivity contribution in [3.05, 3.63) is 71.3 Å². The van der Waals surface area contributed by atoms with Crippen LogP contribution in [-0.2, 0) is 11.3 Å². The van der Waals surface area contributed by atoms with Gasteiger partial charge in [0, 0.05) is 13.1 Å². The van der Waals surface area contributed by atoms with Gasteiger partial charge >= 0.3 is 5.97 Å². The quantitative estimate of drug-likeness (QED) is 0.352. The molecule has 0 spiro atoms. The summed E-state index contributed by atoms with van der Waals surface area (Å²) in [5, 5.41) is 16.7. The summed E-state index contributed by atoms with van der Waals surface area (Å²) in [6.45, 7) is 5.99. The molecule has 1 atom stereocenters. The Balaban J connectivity index is 1.86. The highest BCUT2D eigenvalue weighted by Gasteiger charge is 2.08. The van der Waals surface area contributed by atoms with Gasteiger partial charge in [0.2, 0.25) is 0 Å². The van der Waals surface area contributed by atoms with Crippen molar-refractivity contribution in [2.24, 2.45) is 4.99 Å². The fourth-order valence-electron chi connectivity index (χ4n) is 2.64. The van der Waals surface area contributed by atoms with E-state index in [4.69, 9.17) is 4.74 Å². The van der Waals surface area contributed by atoms with Gasteiger partial charge < -0.3 is 20.5 Å². The number of rotatable bonds is 9. The first-order valence-corrected chi connectivity index (χ1v) is 9.65. The Morgan fingerprint density at radius 2 is 1.79 bits per heavy atom. The summed E-state index contributed by atoms with van der Waals surface area (Å²) in [7, 11) is 0. The predicted molar refractivity (Wildman–Crippen MR) is 111 cm³/mol. The molecular weight excluding hydrogens is 354 g/mol. The van der Waals surface area contributed by atoms with Crippen LogP contribution in [0, 0.1) is 0 Å². The minimum Gasteiger partial charge on any atom is -0.462 e. The molecule has 0 aliphatic carbocycles. The molecule has 28 heavy (non-hydrogen) atoms. The lowest BCUT2D eigenvalue weighted by molar-refractivity contribution is 0.0526. The first kappa shape index (κ1) is 21.4. The van der Waals surface area contributed by atoms with Crippen LogP contribution in [0.5, 0.6) is 0 Å². The Bertz CT molecular complexity index is 745. The Hall–Kier alpha value is -2.86. The second-order valence-electron chi connectivity index (χ2n) is 6.25. The van der Waals surface area contributed by atoms with Gasteiger partial charge in [-0.3, -0.25) is 0 Å². The lowest BCUT2D eigenvalue weighted by atomic mass is 10.1. The fraction of sp³-hybridized carbons (Fsp3) is 0.364. The summed E-state index contributed by atoms with van der Waals surface area (Å²) < 4.78 is 4.99. The first-order chi connectivity index (χ1) is 13.6. The molecular formula is C22H29N3O3. The topological polar surface area (TPSA) is 83.0 Å². The minimum atomic E-state index is -0.507. The molecule has 0 aromatic heterocycles. The van der Waals surface area contributed by atoms with Crippen molar-refractivity contribution < 1.29 is 14.6 Å². The zero-order chi connectivity index (χ0) is 20.2. The average Bonchev–Trinajstić information content (AvgIpc) is 2.73. The molecule has 3 N–H and O–H groups in total. The Kier molecular flexibility index (Phi) is 9.01. The molecule has 6 nitrogen and oxygen atoms in total. The lowest BCUT2D eigenvalue weighted by Crippen LogP contribution is -2.38. The smallest absolute Gasteiger partial charge is 0.338 e. The van der Waals surface area contributed by atoms with Crippen LogP contribution < -0.4 is 10.6 Å². The number of hydrogen-bond acceptors (Lipinski definition) is 4. The number of hydrogen-bond donors (Lipinski definition) is 3. The van der Waals surface area contributed by atoms with Gasteiger partial charge in [-0.1, -0.05) is 42.5 Å². The number of carbonyl (C=O) groups excluding carboxylic acids is 1. The summed E-state index contributed by atoms with van der Waals surface area (Å²) in [5.74, 6) is 0.377. The third-order valence-electron chi connectivity index (χ3n) is 4.12. The molecule has 2 rings (SSSR count). The molecule has 1 unspecified atom stereocenters. The molecule has 0 saturated heterocycles. The Morgan fingerprint density at radius 3 is 2.43 bits per heavy atom. The number of benzene rings is 2. The van der Waals surface area contributed by atoms with Crippen molar-refractivity contribution in [3.63, 3.8) is 0 Å². The largest absolute Gasteiger partial charge is 0.462 e. The number of aliphatic hydroxyl groups is 1. The highest BCUT2D eigenvalue weighted by Crippen LogP contribution is 2.14. The van der Waals surface area contributed by atoms with Crippen molar-refractivity contribution in [3.8, 4) is 0 Å². The zero-order valence-electron chi connectivity index (χ0n) is 16.5. The van der Waals surface area contributed by atoms with Crippen molar-refractivity contribution >= 4 is 11.9 Å². The van der Waals surface area contributed by atoms with Crippen LogP contribution in [0.2, 0.25) is 0 Å². The van der Waals surface area contributed by atoms with E-state index in [1.807, 2.05) is 49.4 Å². The molecule has 0 heterocycles. The van der Waals surface area contributed by atoms with Gasteiger partial charge in [-0.05, 0) is 43.5 Å². The van der Waals surface area contributed by atoms with Gasteiger partial charge in [0.15, 0.2) is 5.96 Å². The van der Waals surface area contributed by atoms with E-state index >= 15 is 0 Å². The number of nitrogens with one attached hydrogen (secondary N) is 2. The van der Waals surface area contributed by atoms with Crippen LogP contribution in [-0.4, -0.2) is 36.7 Å². The van der Waals surface area contributed by atoms with Gasteiger partial charge in [-0.25, -0.2) is 9.79 Å². The van der Waals surface area contributed by atoms with E-state index in [0.717, 1.165) is 17.7 Å². The van der Waals surface area contributed by atoms with E-state index in [-0.39, 0.29) is 5.97 Å². The van der Waals surface area contributed by atoms with Crippen LogP contribution >= 0.6 is 0 Å². The molecule has 150 valence electrons. The minimum absolute atomic E-state index is 0.315. The number of esters is 1. The van der Waals surface area contributed by atoms with Gasteiger partial charge in [0.05, 0.1) is 24.8 Å². The van der Waals surface area contributed by atoms with Crippen LogP contribution in [0.15, 0.2) is 59.6 Å². The van der Waals surface area contributed by atoms with E-state index in [1.165, 1.54) is 0 Å². The zero-order valence-corrected chi connectivity index (χ0v) is 16.5. The molecule has 2 aromatic rings. The van der Waals surface area contributed by atoms with E-state index in [9.17, 15) is 9.90 Å². The Morgan fingerprint density at radius 1 is 1.07 bits per heavy atom. The number of ether oxygens (including phenoxy) is 1. The highest BCUT2D eigenvalue weighted by molar-refractivity contribution is 5.89.